The molecule has 1 aromatic heterocycles. The highest BCUT2D eigenvalue weighted by Gasteiger charge is 2.33. The predicted octanol–water partition coefficient (Wildman–Crippen LogP) is 3.05. The molecule has 0 radical (unpaired) electrons. The van der Waals surface area contributed by atoms with Crippen LogP contribution in [0.3, 0.4) is 0 Å². The van der Waals surface area contributed by atoms with E-state index in [-0.39, 0.29) is 11.4 Å². The number of hydrogen-bond acceptors (Lipinski definition) is 3. The maximum Gasteiger partial charge on any atom is 0.253 e. The first-order chi connectivity index (χ1) is 11.4. The number of likely N-dealkylation sites (tertiary alicyclic amines) is 1. The molecule has 0 aliphatic carbocycles. The van der Waals surface area contributed by atoms with Crippen molar-refractivity contribution in [2.24, 2.45) is 11.8 Å². The fourth-order valence-electron chi connectivity index (χ4n) is 3.82. The van der Waals surface area contributed by atoms with Gasteiger partial charge < -0.3 is 5.32 Å². The summed E-state index contributed by atoms with van der Waals surface area (Å²) in [6.45, 7) is 11.9. The number of para-hydroxylation sites is 1. The third-order valence-corrected chi connectivity index (χ3v) is 5.13. The standard InChI is InChI=1S/C19H28N4O/c1-13-8-14(2)11-23(10-13)19(3,4)12-20-18(24)16-7-5-6-15-9-21-22-17(15)16/h5-7,9,13-14H,8,10-12H2,1-4H3,(H,20,24)(H,21,22). The highest BCUT2D eigenvalue weighted by atomic mass is 16.1. The van der Waals surface area contributed by atoms with Gasteiger partial charge in [0.1, 0.15) is 0 Å². The summed E-state index contributed by atoms with van der Waals surface area (Å²) in [5.41, 5.74) is 1.40. The van der Waals surface area contributed by atoms with Gasteiger partial charge in [-0.15, -0.1) is 0 Å². The summed E-state index contributed by atoms with van der Waals surface area (Å²) in [7, 11) is 0. The average molecular weight is 328 g/mol. The van der Waals surface area contributed by atoms with Gasteiger partial charge in [0.2, 0.25) is 0 Å². The lowest BCUT2D eigenvalue weighted by Gasteiger charge is -2.45. The van der Waals surface area contributed by atoms with Gasteiger partial charge in [-0.05, 0) is 38.2 Å². The molecule has 2 unspecified atom stereocenters. The van der Waals surface area contributed by atoms with Crippen molar-refractivity contribution >= 4 is 16.8 Å². The fraction of sp³-hybridized carbons (Fsp3) is 0.579. The number of amides is 1. The molecule has 1 aromatic carbocycles. The van der Waals surface area contributed by atoms with E-state index < -0.39 is 0 Å². The maximum atomic E-state index is 12.6. The highest BCUT2D eigenvalue weighted by molar-refractivity contribution is 6.05. The Morgan fingerprint density at radius 1 is 1.33 bits per heavy atom. The highest BCUT2D eigenvalue weighted by Crippen LogP contribution is 2.27. The zero-order valence-electron chi connectivity index (χ0n) is 15.1. The second-order valence-corrected chi connectivity index (χ2v) is 7.99. The Morgan fingerprint density at radius 3 is 2.75 bits per heavy atom. The number of H-pyrrole nitrogens is 1. The van der Waals surface area contributed by atoms with E-state index >= 15 is 0 Å². The number of nitrogens with zero attached hydrogens (tertiary/aromatic N) is 2. The zero-order valence-corrected chi connectivity index (χ0v) is 15.1. The number of aromatic amines is 1. The van der Waals surface area contributed by atoms with Crippen molar-refractivity contribution in [1.82, 2.24) is 20.4 Å². The molecule has 130 valence electrons. The van der Waals surface area contributed by atoms with Gasteiger partial charge >= 0.3 is 0 Å². The fourth-order valence-corrected chi connectivity index (χ4v) is 3.82. The van der Waals surface area contributed by atoms with Gasteiger partial charge in [0.05, 0.1) is 17.3 Å². The molecule has 3 rings (SSSR count). The van der Waals surface area contributed by atoms with Crippen LogP contribution < -0.4 is 5.32 Å². The Labute approximate surface area is 143 Å². The Morgan fingerprint density at radius 2 is 2.04 bits per heavy atom. The molecular formula is C19H28N4O. The number of carbonyl (C=O) groups excluding carboxylic acids is 1. The molecule has 1 saturated heterocycles. The first kappa shape index (κ1) is 17.0. The molecule has 24 heavy (non-hydrogen) atoms. The predicted molar refractivity (Wildman–Crippen MR) is 97.0 cm³/mol. The molecule has 1 fully saturated rings. The van der Waals surface area contributed by atoms with E-state index in [2.05, 4.69) is 48.1 Å². The Hall–Kier alpha value is -1.88. The van der Waals surface area contributed by atoms with Gasteiger partial charge in [-0.25, -0.2) is 0 Å². The SMILES string of the molecule is CC1CC(C)CN(C(C)(C)CNC(=O)c2cccc3cn[nH]c23)C1. The minimum atomic E-state index is -0.0551. The van der Waals surface area contributed by atoms with Crippen LogP contribution in [0.2, 0.25) is 0 Å². The summed E-state index contributed by atoms with van der Waals surface area (Å²) < 4.78 is 0. The largest absolute Gasteiger partial charge is 0.350 e. The van der Waals surface area contributed by atoms with E-state index in [1.54, 1.807) is 6.20 Å². The summed E-state index contributed by atoms with van der Waals surface area (Å²) in [6.07, 6.45) is 3.04. The monoisotopic (exact) mass is 328 g/mol. The van der Waals surface area contributed by atoms with Gasteiger partial charge in [-0.1, -0.05) is 26.0 Å². The van der Waals surface area contributed by atoms with Gasteiger partial charge in [0, 0.05) is 30.6 Å². The zero-order chi connectivity index (χ0) is 17.3. The van der Waals surface area contributed by atoms with Crippen molar-refractivity contribution in [3.63, 3.8) is 0 Å². The Kier molecular flexibility index (Phi) is 4.63. The molecule has 2 heterocycles. The smallest absolute Gasteiger partial charge is 0.253 e. The summed E-state index contributed by atoms with van der Waals surface area (Å²) in [5, 5.41) is 11.0. The van der Waals surface area contributed by atoms with E-state index in [1.807, 2.05) is 18.2 Å². The first-order valence-corrected chi connectivity index (χ1v) is 8.82. The van der Waals surface area contributed by atoms with E-state index in [0.29, 0.717) is 23.9 Å². The summed E-state index contributed by atoms with van der Waals surface area (Å²) in [4.78, 5) is 15.2. The van der Waals surface area contributed by atoms with Gasteiger partial charge in [-0.2, -0.15) is 5.10 Å². The average Bonchev–Trinajstić information content (AvgIpc) is 3.00. The molecule has 1 aliphatic rings. The normalized spacial score (nSPS) is 22.7. The minimum Gasteiger partial charge on any atom is -0.350 e. The molecule has 2 aromatic rings. The van der Waals surface area contributed by atoms with E-state index in [4.69, 9.17) is 0 Å². The lowest BCUT2D eigenvalue weighted by atomic mass is 9.88. The first-order valence-electron chi connectivity index (χ1n) is 8.82. The Balaban J connectivity index is 1.68. The van der Waals surface area contributed by atoms with Crippen LogP contribution in [0.5, 0.6) is 0 Å². The van der Waals surface area contributed by atoms with Crippen molar-refractivity contribution in [3.05, 3.63) is 30.0 Å². The van der Waals surface area contributed by atoms with Crippen LogP contribution in [-0.4, -0.2) is 46.2 Å². The van der Waals surface area contributed by atoms with Crippen LogP contribution in [0.25, 0.3) is 10.9 Å². The second-order valence-electron chi connectivity index (χ2n) is 7.99. The molecule has 2 atom stereocenters. The number of benzene rings is 1. The number of hydrogen-bond donors (Lipinski definition) is 2. The number of rotatable bonds is 4. The van der Waals surface area contributed by atoms with Crippen molar-refractivity contribution in [2.45, 2.75) is 39.7 Å². The molecule has 5 nitrogen and oxygen atoms in total. The number of fused-ring (bicyclic) bond motifs is 1. The molecule has 1 aliphatic heterocycles. The van der Waals surface area contributed by atoms with Gasteiger partial charge in [0.15, 0.2) is 0 Å². The molecule has 1 amide bonds. The topological polar surface area (TPSA) is 61.0 Å². The number of carbonyl (C=O) groups is 1. The summed E-state index contributed by atoms with van der Waals surface area (Å²) in [5.74, 6) is 1.38. The molecule has 0 bridgehead atoms. The summed E-state index contributed by atoms with van der Waals surface area (Å²) in [6, 6.07) is 5.69. The third kappa shape index (κ3) is 3.46. The number of aromatic nitrogens is 2. The van der Waals surface area contributed by atoms with Crippen LogP contribution in [0.1, 0.15) is 44.5 Å². The van der Waals surface area contributed by atoms with E-state index in [0.717, 1.165) is 24.0 Å². The lowest BCUT2D eigenvalue weighted by molar-refractivity contribution is 0.0445. The second kappa shape index (κ2) is 6.55. The minimum absolute atomic E-state index is 0.0453. The van der Waals surface area contributed by atoms with Crippen LogP contribution in [-0.2, 0) is 0 Å². The molecular weight excluding hydrogens is 300 g/mol. The van der Waals surface area contributed by atoms with Crippen molar-refractivity contribution in [1.29, 1.82) is 0 Å². The van der Waals surface area contributed by atoms with Gasteiger partial charge in [0.25, 0.3) is 5.91 Å². The number of nitrogens with one attached hydrogen (secondary N) is 2. The maximum absolute atomic E-state index is 12.6. The Bertz CT molecular complexity index is 711. The van der Waals surface area contributed by atoms with Crippen LogP contribution in [0.4, 0.5) is 0 Å². The van der Waals surface area contributed by atoms with Crippen molar-refractivity contribution in [3.8, 4) is 0 Å². The van der Waals surface area contributed by atoms with Crippen LogP contribution >= 0.6 is 0 Å². The van der Waals surface area contributed by atoms with Crippen molar-refractivity contribution in [2.75, 3.05) is 19.6 Å². The molecule has 0 spiro atoms. The third-order valence-electron chi connectivity index (χ3n) is 5.13. The lowest BCUT2D eigenvalue weighted by Crippen LogP contribution is -2.56. The van der Waals surface area contributed by atoms with Gasteiger partial charge in [-0.3, -0.25) is 14.8 Å². The van der Waals surface area contributed by atoms with Crippen LogP contribution in [0.15, 0.2) is 24.4 Å². The molecule has 0 saturated carbocycles. The molecule has 2 N–H and O–H groups in total. The van der Waals surface area contributed by atoms with Crippen LogP contribution in [0, 0.1) is 11.8 Å². The summed E-state index contributed by atoms with van der Waals surface area (Å²) >= 11 is 0. The quantitative estimate of drug-likeness (QED) is 0.907. The number of piperidine rings is 1. The van der Waals surface area contributed by atoms with E-state index in [9.17, 15) is 4.79 Å². The molecule has 5 heteroatoms. The van der Waals surface area contributed by atoms with Crippen molar-refractivity contribution < 1.29 is 4.79 Å². The van der Waals surface area contributed by atoms with E-state index in [1.165, 1.54) is 6.42 Å².